The Morgan fingerprint density at radius 1 is 0.938 bits per heavy atom. The van der Waals surface area contributed by atoms with Gasteiger partial charge in [0.1, 0.15) is 12.1 Å². The predicted octanol–water partition coefficient (Wildman–Crippen LogP) is 4.80. The van der Waals surface area contributed by atoms with E-state index in [-0.39, 0.29) is 0 Å². The number of aromatic nitrogens is 4. The molecule has 1 saturated heterocycles. The lowest BCUT2D eigenvalue weighted by molar-refractivity contribution is 0.479. The first-order valence-corrected chi connectivity index (χ1v) is 11.1. The van der Waals surface area contributed by atoms with Gasteiger partial charge in [0.2, 0.25) is 0 Å². The summed E-state index contributed by atoms with van der Waals surface area (Å²) in [5, 5.41) is 8.29. The van der Waals surface area contributed by atoms with Gasteiger partial charge in [0.05, 0.1) is 22.2 Å². The molecule has 3 aromatic heterocycles. The maximum Gasteiger partial charge on any atom is 0.139 e. The van der Waals surface area contributed by atoms with E-state index >= 15 is 0 Å². The van der Waals surface area contributed by atoms with Crippen molar-refractivity contribution in [3.8, 4) is 16.9 Å². The second kappa shape index (κ2) is 8.05. The summed E-state index contributed by atoms with van der Waals surface area (Å²) < 4.78 is 2.06. The monoisotopic (exact) mass is 420 g/mol. The Balaban J connectivity index is 1.39. The fourth-order valence-electron chi connectivity index (χ4n) is 4.48. The summed E-state index contributed by atoms with van der Waals surface area (Å²) in [5.41, 5.74) is 6.26. The van der Waals surface area contributed by atoms with Crippen LogP contribution in [0.4, 0.5) is 5.69 Å². The van der Waals surface area contributed by atoms with Crippen LogP contribution in [0.3, 0.4) is 0 Å². The van der Waals surface area contributed by atoms with Crippen molar-refractivity contribution in [1.29, 1.82) is 0 Å². The van der Waals surface area contributed by atoms with Gasteiger partial charge in [-0.05, 0) is 67.9 Å². The Labute approximate surface area is 186 Å². The predicted molar refractivity (Wildman–Crippen MR) is 129 cm³/mol. The number of fused-ring (bicyclic) bond motifs is 2. The summed E-state index contributed by atoms with van der Waals surface area (Å²) >= 11 is 0. The molecule has 1 aliphatic rings. The fraction of sp³-hybridized carbons (Fsp3) is 0.192. The molecule has 1 aliphatic heterocycles. The highest BCUT2D eigenvalue weighted by Gasteiger charge is 2.15. The highest BCUT2D eigenvalue weighted by molar-refractivity contribution is 5.91. The van der Waals surface area contributed by atoms with E-state index < -0.39 is 0 Å². The van der Waals surface area contributed by atoms with Crippen LogP contribution in [-0.2, 0) is 0 Å². The minimum atomic E-state index is 0.479. The molecule has 32 heavy (non-hydrogen) atoms. The van der Waals surface area contributed by atoms with E-state index in [2.05, 4.69) is 79.8 Å². The molecule has 0 atom stereocenters. The molecule has 0 spiro atoms. The average Bonchev–Trinajstić information content (AvgIpc) is 3.29. The molecule has 0 radical (unpaired) electrons. The third-order valence-electron chi connectivity index (χ3n) is 6.19. The molecule has 6 heteroatoms. The molecule has 1 fully saturated rings. The minimum absolute atomic E-state index is 0.479. The normalized spacial score (nSPS) is 14.8. The number of benzene rings is 2. The first-order chi connectivity index (χ1) is 15.8. The molecule has 4 heterocycles. The molecule has 5 aromatic rings. The molecule has 6 nitrogen and oxygen atoms in total. The van der Waals surface area contributed by atoms with E-state index in [0.29, 0.717) is 6.04 Å². The van der Waals surface area contributed by atoms with Crippen LogP contribution in [0.1, 0.15) is 12.8 Å². The van der Waals surface area contributed by atoms with E-state index in [1.165, 1.54) is 0 Å². The van der Waals surface area contributed by atoms with Gasteiger partial charge in [-0.25, -0.2) is 9.97 Å². The van der Waals surface area contributed by atoms with Crippen LogP contribution in [-0.4, -0.2) is 38.7 Å². The van der Waals surface area contributed by atoms with Crippen molar-refractivity contribution in [2.45, 2.75) is 18.9 Å². The van der Waals surface area contributed by atoms with Crippen molar-refractivity contribution in [2.24, 2.45) is 0 Å². The van der Waals surface area contributed by atoms with E-state index in [1.54, 1.807) is 6.20 Å². The van der Waals surface area contributed by atoms with Crippen LogP contribution < -0.4 is 10.6 Å². The Kier molecular flexibility index (Phi) is 4.77. The summed E-state index contributed by atoms with van der Waals surface area (Å²) in [6.07, 6.45) is 7.77. The number of nitrogens with zero attached hydrogens (tertiary/aromatic N) is 4. The van der Waals surface area contributed by atoms with Gasteiger partial charge in [-0.15, -0.1) is 0 Å². The third kappa shape index (κ3) is 3.48. The van der Waals surface area contributed by atoms with Crippen LogP contribution >= 0.6 is 0 Å². The summed E-state index contributed by atoms with van der Waals surface area (Å²) in [5.74, 6) is 0.869. The topological polar surface area (TPSA) is 67.7 Å². The molecule has 0 saturated carbocycles. The van der Waals surface area contributed by atoms with E-state index in [4.69, 9.17) is 4.98 Å². The molecule has 158 valence electrons. The van der Waals surface area contributed by atoms with Crippen molar-refractivity contribution in [3.63, 3.8) is 0 Å². The van der Waals surface area contributed by atoms with Gasteiger partial charge in [0.25, 0.3) is 0 Å². The Bertz CT molecular complexity index is 1390. The number of piperidine rings is 1. The molecule has 2 N–H and O–H groups in total. The van der Waals surface area contributed by atoms with Crippen LogP contribution in [0, 0.1) is 0 Å². The number of anilines is 1. The zero-order chi connectivity index (χ0) is 21.3. The Hall–Kier alpha value is -3.77. The Morgan fingerprint density at radius 3 is 2.75 bits per heavy atom. The van der Waals surface area contributed by atoms with E-state index in [9.17, 15) is 0 Å². The molecule has 0 bridgehead atoms. The van der Waals surface area contributed by atoms with Crippen molar-refractivity contribution in [3.05, 3.63) is 79.4 Å². The van der Waals surface area contributed by atoms with Gasteiger partial charge >= 0.3 is 0 Å². The largest absolute Gasteiger partial charge is 0.380 e. The number of pyridine rings is 2. The summed E-state index contributed by atoms with van der Waals surface area (Å²) in [6.45, 7) is 2.12. The van der Waals surface area contributed by atoms with Gasteiger partial charge in [-0.3, -0.25) is 9.55 Å². The van der Waals surface area contributed by atoms with Crippen molar-refractivity contribution in [1.82, 2.24) is 24.8 Å². The van der Waals surface area contributed by atoms with Crippen LogP contribution in [0.15, 0.2) is 79.4 Å². The highest BCUT2D eigenvalue weighted by Crippen LogP contribution is 2.28. The molecular formula is C26H24N6. The molecule has 0 aliphatic carbocycles. The van der Waals surface area contributed by atoms with Gasteiger partial charge in [0, 0.05) is 29.4 Å². The van der Waals surface area contributed by atoms with Crippen LogP contribution in [0.25, 0.3) is 38.9 Å². The quantitative estimate of drug-likeness (QED) is 0.437. The summed E-state index contributed by atoms with van der Waals surface area (Å²) in [6, 6.07) is 21.4. The Morgan fingerprint density at radius 2 is 1.88 bits per heavy atom. The maximum absolute atomic E-state index is 5.05. The van der Waals surface area contributed by atoms with Gasteiger partial charge in [-0.1, -0.05) is 24.3 Å². The number of nitrogens with one attached hydrogen (secondary N) is 2. The average molecular weight is 421 g/mol. The number of rotatable bonds is 4. The molecule has 0 amide bonds. The van der Waals surface area contributed by atoms with Gasteiger partial charge in [0.15, 0.2) is 0 Å². The van der Waals surface area contributed by atoms with Gasteiger partial charge in [-0.2, -0.15) is 0 Å². The number of hydrogen-bond acceptors (Lipinski definition) is 5. The zero-order valence-electron chi connectivity index (χ0n) is 17.7. The van der Waals surface area contributed by atoms with Crippen LogP contribution in [0.2, 0.25) is 0 Å². The fourth-order valence-corrected chi connectivity index (χ4v) is 4.48. The maximum atomic E-state index is 5.05. The van der Waals surface area contributed by atoms with E-state index in [0.717, 1.165) is 70.5 Å². The summed E-state index contributed by atoms with van der Waals surface area (Å²) in [7, 11) is 0. The lowest BCUT2D eigenvalue weighted by Gasteiger charge is -2.25. The molecule has 6 rings (SSSR count). The first-order valence-electron chi connectivity index (χ1n) is 11.1. The second-order valence-corrected chi connectivity index (χ2v) is 8.28. The van der Waals surface area contributed by atoms with Gasteiger partial charge < -0.3 is 10.6 Å². The summed E-state index contributed by atoms with van der Waals surface area (Å²) in [4.78, 5) is 13.9. The van der Waals surface area contributed by atoms with Crippen molar-refractivity contribution in [2.75, 3.05) is 18.4 Å². The molecular weight excluding hydrogens is 396 g/mol. The SMILES string of the molecule is c1cncc(-c2ccc3c(c2)ncn3-c2ccc3cccc(NC4CCNCC4)c3n2)c1. The lowest BCUT2D eigenvalue weighted by Crippen LogP contribution is -2.35. The van der Waals surface area contributed by atoms with Crippen molar-refractivity contribution < 1.29 is 0 Å². The third-order valence-corrected chi connectivity index (χ3v) is 6.19. The standard InChI is InChI=1S/C26H24N6/c1-3-18-7-9-25(31-26(18)22(5-1)30-21-10-13-27-14-11-21)32-17-29-23-15-19(6-8-24(23)32)20-4-2-12-28-16-20/h1-9,12,15-17,21,27,30H,10-11,13-14H2. The highest BCUT2D eigenvalue weighted by atomic mass is 15.1. The minimum Gasteiger partial charge on any atom is -0.380 e. The first kappa shape index (κ1) is 19.0. The number of para-hydroxylation sites is 1. The molecule has 2 aromatic carbocycles. The number of imidazole rings is 1. The lowest BCUT2D eigenvalue weighted by atomic mass is 10.1. The number of hydrogen-bond donors (Lipinski definition) is 2. The van der Waals surface area contributed by atoms with Crippen LogP contribution in [0.5, 0.6) is 0 Å². The zero-order valence-corrected chi connectivity index (χ0v) is 17.7. The van der Waals surface area contributed by atoms with E-state index in [1.807, 2.05) is 18.6 Å². The van der Waals surface area contributed by atoms with Crippen molar-refractivity contribution >= 4 is 27.6 Å². The molecule has 0 unspecified atom stereocenters. The smallest absolute Gasteiger partial charge is 0.139 e. The second-order valence-electron chi connectivity index (χ2n) is 8.28.